The van der Waals surface area contributed by atoms with Crippen molar-refractivity contribution in [2.24, 2.45) is 0 Å². The quantitative estimate of drug-likeness (QED) is 0.711. The second-order valence-electron chi connectivity index (χ2n) is 4.27. The Balaban J connectivity index is 2.03. The van der Waals surface area contributed by atoms with E-state index < -0.39 is 7.14 Å². The lowest BCUT2D eigenvalue weighted by atomic mass is 10.7. The lowest BCUT2D eigenvalue weighted by Gasteiger charge is -2.16. The Kier molecular flexibility index (Phi) is 1.78. The molecule has 2 aliphatic rings. The van der Waals surface area contributed by atoms with Gasteiger partial charge in [-0.2, -0.15) is 0 Å². The highest BCUT2D eigenvalue weighted by atomic mass is 31.2. The molecule has 0 amide bonds. The normalized spacial score (nSPS) is 22.3. The van der Waals surface area contributed by atoms with Crippen molar-refractivity contribution in [1.82, 2.24) is 9.97 Å². The molecule has 1 aromatic heterocycles. The summed E-state index contributed by atoms with van der Waals surface area (Å²) >= 11 is 0. The molecule has 1 aromatic rings. The molecule has 2 saturated carbocycles. The van der Waals surface area contributed by atoms with E-state index >= 15 is 0 Å². The van der Waals surface area contributed by atoms with Gasteiger partial charge in [0.2, 0.25) is 0 Å². The first kappa shape index (κ1) is 8.60. The van der Waals surface area contributed by atoms with Gasteiger partial charge in [-0.3, -0.25) is 0 Å². The first-order valence-electron chi connectivity index (χ1n) is 5.17. The Morgan fingerprint density at radius 3 is 2.00 bits per heavy atom. The maximum atomic E-state index is 12.9. The highest BCUT2D eigenvalue weighted by Gasteiger charge is 2.51. The molecule has 14 heavy (non-hydrogen) atoms. The largest absolute Gasteiger partial charge is 0.318 e. The van der Waals surface area contributed by atoms with Crippen molar-refractivity contribution in [3.8, 4) is 0 Å². The van der Waals surface area contributed by atoms with Crippen molar-refractivity contribution >= 4 is 12.4 Å². The van der Waals surface area contributed by atoms with Crippen LogP contribution in [0.1, 0.15) is 25.7 Å². The summed E-state index contributed by atoms with van der Waals surface area (Å²) in [7, 11) is -2.12. The summed E-state index contributed by atoms with van der Waals surface area (Å²) in [6.45, 7) is 0. The minimum Gasteiger partial charge on any atom is -0.318 e. The van der Waals surface area contributed by atoms with Crippen LogP contribution in [0.2, 0.25) is 0 Å². The van der Waals surface area contributed by atoms with E-state index in [9.17, 15) is 4.57 Å². The van der Waals surface area contributed by atoms with Crippen molar-refractivity contribution in [3.63, 3.8) is 0 Å². The van der Waals surface area contributed by atoms with Crippen molar-refractivity contribution in [1.29, 1.82) is 0 Å². The standard InChI is InChI=1S/C10H13N2OP/c13-14(8-1-2-8,9-3-4-9)10-5-11-7-12-6-10/h5-9H,1-4H2. The van der Waals surface area contributed by atoms with Crippen LogP contribution in [-0.4, -0.2) is 21.3 Å². The lowest BCUT2D eigenvalue weighted by molar-refractivity contribution is 0.579. The topological polar surface area (TPSA) is 42.9 Å². The molecule has 3 rings (SSSR count). The predicted octanol–water partition coefficient (Wildman–Crippen LogP) is 1.79. The van der Waals surface area contributed by atoms with Crippen molar-refractivity contribution in [2.45, 2.75) is 37.0 Å². The van der Waals surface area contributed by atoms with Gasteiger partial charge in [0.1, 0.15) is 13.5 Å². The molecule has 1 heterocycles. The zero-order chi connectivity index (χ0) is 9.60. The molecule has 0 bridgehead atoms. The van der Waals surface area contributed by atoms with Gasteiger partial charge in [0, 0.05) is 29.0 Å². The fourth-order valence-corrected chi connectivity index (χ4v) is 5.87. The van der Waals surface area contributed by atoms with Crippen molar-refractivity contribution in [3.05, 3.63) is 18.7 Å². The van der Waals surface area contributed by atoms with E-state index in [1.165, 1.54) is 6.33 Å². The van der Waals surface area contributed by atoms with Crippen LogP contribution in [-0.2, 0) is 4.57 Å². The van der Waals surface area contributed by atoms with Crippen LogP contribution >= 0.6 is 7.14 Å². The molecular weight excluding hydrogens is 195 g/mol. The molecular formula is C10H13N2OP. The molecule has 2 aliphatic carbocycles. The SMILES string of the molecule is O=P(c1cncnc1)(C1CC1)C1CC1. The van der Waals surface area contributed by atoms with E-state index in [0.29, 0.717) is 11.3 Å². The first-order chi connectivity index (χ1) is 6.82. The third-order valence-electron chi connectivity index (χ3n) is 3.13. The summed E-state index contributed by atoms with van der Waals surface area (Å²) in [4.78, 5) is 7.98. The number of nitrogens with zero attached hydrogens (tertiary/aromatic N) is 2. The smallest absolute Gasteiger partial charge is 0.124 e. The van der Waals surface area contributed by atoms with Gasteiger partial charge in [-0.05, 0) is 25.7 Å². The summed E-state index contributed by atoms with van der Waals surface area (Å²) in [5.41, 5.74) is 0.919. The van der Waals surface area contributed by atoms with E-state index in [1.54, 1.807) is 12.4 Å². The van der Waals surface area contributed by atoms with Gasteiger partial charge in [0.15, 0.2) is 0 Å². The Morgan fingerprint density at radius 2 is 1.57 bits per heavy atom. The highest BCUT2D eigenvalue weighted by molar-refractivity contribution is 7.73. The minimum atomic E-state index is -2.12. The van der Waals surface area contributed by atoms with Crippen LogP contribution in [0.5, 0.6) is 0 Å². The summed E-state index contributed by atoms with van der Waals surface area (Å²) < 4.78 is 12.9. The zero-order valence-corrected chi connectivity index (χ0v) is 8.86. The second kappa shape index (κ2) is 2.90. The maximum Gasteiger partial charge on any atom is 0.124 e. The molecule has 0 atom stereocenters. The van der Waals surface area contributed by atoms with Crippen LogP contribution in [0, 0.1) is 0 Å². The molecule has 0 saturated heterocycles. The molecule has 0 spiro atoms. The maximum absolute atomic E-state index is 12.9. The molecule has 0 aliphatic heterocycles. The zero-order valence-electron chi connectivity index (χ0n) is 7.97. The number of rotatable bonds is 3. The average molecular weight is 208 g/mol. The molecule has 2 fully saturated rings. The van der Waals surface area contributed by atoms with Crippen LogP contribution in [0.3, 0.4) is 0 Å². The summed E-state index contributed by atoms with van der Waals surface area (Å²) in [5, 5.41) is 0.921. The fourth-order valence-electron chi connectivity index (χ4n) is 2.11. The van der Waals surface area contributed by atoms with E-state index in [-0.39, 0.29) is 0 Å². The number of hydrogen-bond acceptors (Lipinski definition) is 3. The number of aromatic nitrogens is 2. The van der Waals surface area contributed by atoms with Crippen molar-refractivity contribution in [2.75, 3.05) is 0 Å². The van der Waals surface area contributed by atoms with E-state index in [0.717, 1.165) is 31.0 Å². The Bertz CT molecular complexity index is 368. The average Bonchev–Trinajstić information content (AvgIpc) is 3.06. The molecule has 74 valence electrons. The van der Waals surface area contributed by atoms with Crippen molar-refractivity contribution < 1.29 is 4.57 Å². The minimum absolute atomic E-state index is 0.459. The van der Waals surface area contributed by atoms with Gasteiger partial charge < -0.3 is 4.57 Å². The monoisotopic (exact) mass is 208 g/mol. The molecule has 0 N–H and O–H groups in total. The van der Waals surface area contributed by atoms with Crippen LogP contribution in [0.25, 0.3) is 0 Å². The Hall–Kier alpha value is -0.690. The summed E-state index contributed by atoms with van der Waals surface area (Å²) in [6.07, 6.45) is 9.58. The molecule has 0 unspecified atom stereocenters. The summed E-state index contributed by atoms with van der Waals surface area (Å²) in [6, 6.07) is 0. The van der Waals surface area contributed by atoms with Gasteiger partial charge in [-0.1, -0.05) is 0 Å². The molecule has 3 nitrogen and oxygen atoms in total. The molecule has 0 radical (unpaired) electrons. The van der Waals surface area contributed by atoms with Gasteiger partial charge in [0.05, 0.1) is 0 Å². The fraction of sp³-hybridized carbons (Fsp3) is 0.600. The number of hydrogen-bond donors (Lipinski definition) is 0. The van der Waals surface area contributed by atoms with Gasteiger partial charge >= 0.3 is 0 Å². The second-order valence-corrected chi connectivity index (χ2v) is 7.66. The third-order valence-corrected chi connectivity index (χ3v) is 7.37. The van der Waals surface area contributed by atoms with E-state index in [1.807, 2.05) is 0 Å². The Labute approximate surface area is 83.3 Å². The molecule has 0 aromatic carbocycles. The third kappa shape index (κ3) is 1.23. The van der Waals surface area contributed by atoms with E-state index in [2.05, 4.69) is 9.97 Å². The van der Waals surface area contributed by atoms with Gasteiger partial charge in [-0.15, -0.1) is 0 Å². The van der Waals surface area contributed by atoms with Gasteiger partial charge in [0.25, 0.3) is 0 Å². The predicted molar refractivity (Wildman–Crippen MR) is 55.3 cm³/mol. The first-order valence-corrected chi connectivity index (χ1v) is 7.01. The van der Waals surface area contributed by atoms with Crippen LogP contribution in [0.15, 0.2) is 18.7 Å². The van der Waals surface area contributed by atoms with E-state index in [4.69, 9.17) is 0 Å². The lowest BCUT2D eigenvalue weighted by Crippen LogP contribution is -2.13. The van der Waals surface area contributed by atoms with Gasteiger partial charge in [-0.25, -0.2) is 9.97 Å². The molecule has 4 heteroatoms. The highest BCUT2D eigenvalue weighted by Crippen LogP contribution is 2.69. The van der Waals surface area contributed by atoms with Crippen LogP contribution < -0.4 is 5.30 Å². The Morgan fingerprint density at radius 1 is 1.07 bits per heavy atom. The van der Waals surface area contributed by atoms with Crippen LogP contribution in [0.4, 0.5) is 0 Å². The summed E-state index contributed by atoms with van der Waals surface area (Å²) in [5.74, 6) is 0.